The summed E-state index contributed by atoms with van der Waals surface area (Å²) < 4.78 is 44.2. The zero-order chi connectivity index (χ0) is 21.3. The van der Waals surface area contributed by atoms with Crippen LogP contribution in [0.1, 0.15) is 20.8 Å². The highest BCUT2D eigenvalue weighted by molar-refractivity contribution is 7.99. The molecule has 2 aromatic carbocycles. The summed E-state index contributed by atoms with van der Waals surface area (Å²) in [7, 11) is -3.77. The molecular weight excluding hydrogens is 426 g/mol. The number of benzene rings is 2. The van der Waals surface area contributed by atoms with Crippen molar-refractivity contribution in [2.75, 3.05) is 19.7 Å². The number of morpholine rings is 1. The Kier molecular flexibility index (Phi) is 6.01. The lowest BCUT2D eigenvalue weighted by molar-refractivity contribution is -0.0440. The van der Waals surface area contributed by atoms with Crippen LogP contribution in [0.5, 0.6) is 5.75 Å². The molecule has 1 aliphatic heterocycles. The summed E-state index contributed by atoms with van der Waals surface area (Å²) in [6, 6.07) is 11.0. The van der Waals surface area contributed by atoms with Gasteiger partial charge in [0.15, 0.2) is 11.0 Å². The molecule has 1 fully saturated rings. The predicted octanol–water partition coefficient (Wildman–Crippen LogP) is 3.57. The Morgan fingerprint density at radius 3 is 2.60 bits per heavy atom. The van der Waals surface area contributed by atoms with Crippen molar-refractivity contribution < 1.29 is 22.5 Å². The lowest BCUT2D eigenvalue weighted by atomic mass is 10.3. The van der Waals surface area contributed by atoms with Crippen molar-refractivity contribution in [3.8, 4) is 5.75 Å². The fourth-order valence-electron chi connectivity index (χ4n) is 3.50. The van der Waals surface area contributed by atoms with Crippen LogP contribution >= 0.6 is 11.8 Å². The highest BCUT2D eigenvalue weighted by Gasteiger charge is 2.34. The number of hydrogen-bond donors (Lipinski definition) is 0. The molecule has 0 bridgehead atoms. The van der Waals surface area contributed by atoms with Crippen molar-refractivity contribution in [3.63, 3.8) is 0 Å². The first-order valence-corrected chi connectivity index (χ1v) is 12.0. The van der Waals surface area contributed by atoms with Crippen molar-refractivity contribution >= 4 is 32.8 Å². The Morgan fingerprint density at radius 2 is 1.87 bits per heavy atom. The van der Waals surface area contributed by atoms with Crippen LogP contribution in [0.15, 0.2) is 55.7 Å². The minimum Gasteiger partial charge on any atom is -0.494 e. The van der Waals surface area contributed by atoms with Crippen molar-refractivity contribution in [2.45, 2.75) is 47.7 Å². The van der Waals surface area contributed by atoms with Crippen LogP contribution in [0, 0.1) is 0 Å². The van der Waals surface area contributed by atoms with E-state index >= 15 is 0 Å². The largest absolute Gasteiger partial charge is 0.494 e. The van der Waals surface area contributed by atoms with Crippen LogP contribution in [0.2, 0.25) is 0 Å². The number of fused-ring (bicyclic) bond motifs is 1. The molecule has 0 aliphatic carbocycles. The third-order valence-corrected chi connectivity index (χ3v) is 7.59. The van der Waals surface area contributed by atoms with Gasteiger partial charge in [-0.2, -0.15) is 4.31 Å². The molecule has 10 heteroatoms. The van der Waals surface area contributed by atoms with E-state index in [2.05, 4.69) is 10.3 Å². The summed E-state index contributed by atoms with van der Waals surface area (Å²) in [5, 5.41) is 7.88. The SMILES string of the molecule is CCOc1cccc(Sc2ccc(S(=O)(=O)N3CC(C)OC(C)C3)c3nonc23)c1. The van der Waals surface area contributed by atoms with E-state index in [9.17, 15) is 8.42 Å². The van der Waals surface area contributed by atoms with Gasteiger partial charge in [-0.15, -0.1) is 0 Å². The second-order valence-corrected chi connectivity index (χ2v) is 10.1. The molecule has 2 atom stereocenters. The van der Waals surface area contributed by atoms with E-state index in [0.717, 1.165) is 15.5 Å². The molecule has 4 rings (SSSR count). The molecule has 3 aromatic rings. The first-order valence-electron chi connectivity index (χ1n) is 9.70. The maximum Gasteiger partial charge on any atom is 0.245 e. The second-order valence-electron chi connectivity index (χ2n) is 7.11. The summed E-state index contributed by atoms with van der Waals surface area (Å²) >= 11 is 1.45. The molecule has 0 spiro atoms. The first kappa shape index (κ1) is 21.1. The third kappa shape index (κ3) is 4.18. The van der Waals surface area contributed by atoms with E-state index in [0.29, 0.717) is 25.2 Å². The summed E-state index contributed by atoms with van der Waals surface area (Å²) in [4.78, 5) is 1.78. The molecule has 0 radical (unpaired) electrons. The summed E-state index contributed by atoms with van der Waals surface area (Å²) in [5.74, 6) is 0.770. The van der Waals surface area contributed by atoms with Gasteiger partial charge in [-0.1, -0.05) is 17.8 Å². The van der Waals surface area contributed by atoms with Crippen LogP contribution in [-0.2, 0) is 14.8 Å². The topological polar surface area (TPSA) is 94.8 Å². The Hall–Kier alpha value is -2.14. The summed E-state index contributed by atoms with van der Waals surface area (Å²) in [6.07, 6.45) is -0.358. The van der Waals surface area contributed by atoms with Crippen LogP contribution in [-0.4, -0.2) is 54.9 Å². The number of sulfonamides is 1. The minimum atomic E-state index is -3.77. The lowest BCUT2D eigenvalue weighted by Crippen LogP contribution is -2.48. The second kappa shape index (κ2) is 8.54. The van der Waals surface area contributed by atoms with Gasteiger partial charge < -0.3 is 9.47 Å². The van der Waals surface area contributed by atoms with Crippen LogP contribution in [0.25, 0.3) is 11.0 Å². The lowest BCUT2D eigenvalue weighted by Gasteiger charge is -2.34. The van der Waals surface area contributed by atoms with Gasteiger partial charge in [0.2, 0.25) is 10.0 Å². The van der Waals surface area contributed by atoms with Gasteiger partial charge in [0.1, 0.15) is 10.6 Å². The molecule has 0 saturated carbocycles. The van der Waals surface area contributed by atoms with E-state index in [-0.39, 0.29) is 22.6 Å². The van der Waals surface area contributed by atoms with Gasteiger partial charge >= 0.3 is 0 Å². The number of nitrogens with zero attached hydrogens (tertiary/aromatic N) is 3. The van der Waals surface area contributed by atoms with Crippen molar-refractivity contribution in [1.82, 2.24) is 14.6 Å². The first-order chi connectivity index (χ1) is 14.4. The quantitative estimate of drug-likeness (QED) is 0.564. The summed E-state index contributed by atoms with van der Waals surface area (Å²) in [5.41, 5.74) is 0.644. The summed E-state index contributed by atoms with van der Waals surface area (Å²) in [6.45, 7) is 6.82. The van der Waals surface area contributed by atoms with E-state index < -0.39 is 10.0 Å². The van der Waals surface area contributed by atoms with Crippen LogP contribution < -0.4 is 4.74 Å². The molecule has 8 nitrogen and oxygen atoms in total. The van der Waals surface area contributed by atoms with Gasteiger partial charge in [-0.25, -0.2) is 13.0 Å². The van der Waals surface area contributed by atoms with Gasteiger partial charge in [0.25, 0.3) is 0 Å². The smallest absolute Gasteiger partial charge is 0.245 e. The fraction of sp³-hybridized carbons (Fsp3) is 0.400. The normalized spacial score (nSPS) is 20.5. The molecule has 30 heavy (non-hydrogen) atoms. The Morgan fingerprint density at radius 1 is 1.13 bits per heavy atom. The molecule has 1 aliphatic rings. The number of ether oxygens (including phenoxy) is 2. The highest BCUT2D eigenvalue weighted by atomic mass is 32.2. The molecular formula is C20H23N3O5S2. The van der Waals surface area contributed by atoms with Gasteiger partial charge in [-0.3, -0.25) is 0 Å². The average molecular weight is 450 g/mol. The average Bonchev–Trinajstić information content (AvgIpc) is 3.18. The number of aromatic nitrogens is 2. The molecule has 0 N–H and O–H groups in total. The van der Waals surface area contributed by atoms with Gasteiger partial charge in [0.05, 0.1) is 18.8 Å². The Balaban J connectivity index is 1.68. The molecule has 1 saturated heterocycles. The molecule has 1 aromatic heterocycles. The Labute approximate surface area is 179 Å². The fourth-order valence-corrected chi connectivity index (χ4v) is 6.15. The third-order valence-electron chi connectivity index (χ3n) is 4.69. The Bertz CT molecular complexity index is 1140. The van der Waals surface area contributed by atoms with Crippen LogP contribution in [0.4, 0.5) is 0 Å². The predicted molar refractivity (Wildman–Crippen MR) is 112 cm³/mol. The molecule has 160 valence electrons. The van der Waals surface area contributed by atoms with E-state index in [1.807, 2.05) is 45.0 Å². The standard InChI is InChI=1S/C20H23N3O5S2/c1-4-26-15-6-5-7-16(10-15)29-17-8-9-18(20-19(17)21-28-22-20)30(24,25)23-11-13(2)27-14(3)12-23/h5-10,13-14H,4,11-12H2,1-3H3. The van der Waals surface area contributed by atoms with E-state index in [4.69, 9.17) is 14.1 Å². The minimum absolute atomic E-state index is 0.0902. The monoisotopic (exact) mass is 449 g/mol. The van der Waals surface area contributed by atoms with Gasteiger partial charge in [-0.05, 0) is 61.4 Å². The zero-order valence-corrected chi connectivity index (χ0v) is 18.6. The van der Waals surface area contributed by atoms with E-state index in [1.54, 1.807) is 12.1 Å². The van der Waals surface area contributed by atoms with E-state index in [1.165, 1.54) is 16.1 Å². The van der Waals surface area contributed by atoms with Gasteiger partial charge in [0, 0.05) is 22.9 Å². The zero-order valence-electron chi connectivity index (χ0n) is 16.9. The maximum atomic E-state index is 13.3. The number of rotatable bonds is 6. The molecule has 2 unspecified atom stereocenters. The molecule has 0 amide bonds. The van der Waals surface area contributed by atoms with Crippen molar-refractivity contribution in [2.24, 2.45) is 0 Å². The highest BCUT2D eigenvalue weighted by Crippen LogP contribution is 2.36. The number of hydrogen-bond acceptors (Lipinski definition) is 8. The van der Waals surface area contributed by atoms with Crippen molar-refractivity contribution in [1.29, 1.82) is 0 Å². The molecule has 2 heterocycles. The van der Waals surface area contributed by atoms with Crippen molar-refractivity contribution in [3.05, 3.63) is 36.4 Å². The van der Waals surface area contributed by atoms with Crippen LogP contribution in [0.3, 0.4) is 0 Å². The maximum absolute atomic E-state index is 13.3.